The topological polar surface area (TPSA) is 43.4 Å². The summed E-state index contributed by atoms with van der Waals surface area (Å²) in [7, 11) is 0. The van der Waals surface area contributed by atoms with Crippen LogP contribution < -0.4 is 0 Å². The van der Waals surface area contributed by atoms with Crippen LogP contribution in [-0.2, 0) is 14.3 Å². The molecule has 1 fully saturated rings. The molecule has 0 amide bonds. The molecule has 1 aliphatic carbocycles. The first-order chi connectivity index (χ1) is 6.07. The van der Waals surface area contributed by atoms with E-state index in [4.69, 9.17) is 16.3 Å². The molecule has 0 N–H and O–H groups in total. The second kappa shape index (κ2) is 4.09. The molecule has 0 aromatic heterocycles. The number of halogens is 1. The third-order valence-corrected chi connectivity index (χ3v) is 2.70. The van der Waals surface area contributed by atoms with E-state index in [2.05, 4.69) is 0 Å². The summed E-state index contributed by atoms with van der Waals surface area (Å²) in [5.74, 6) is -0.434. The van der Waals surface area contributed by atoms with Gasteiger partial charge in [-0.05, 0) is 37.3 Å². The SMILES string of the molecule is CC(=O)OC1(C(=O)Cl)CCCCC1. The molecule has 3 nitrogen and oxygen atoms in total. The second-order valence-corrected chi connectivity index (χ2v) is 3.77. The predicted molar refractivity (Wildman–Crippen MR) is 48.4 cm³/mol. The molecule has 13 heavy (non-hydrogen) atoms. The van der Waals surface area contributed by atoms with Crippen LogP contribution in [0.3, 0.4) is 0 Å². The Morgan fingerprint density at radius 3 is 2.15 bits per heavy atom. The van der Waals surface area contributed by atoms with Crippen LogP contribution in [0, 0.1) is 0 Å². The Balaban J connectivity index is 2.73. The maximum atomic E-state index is 11.1. The number of ether oxygens (including phenoxy) is 1. The second-order valence-electron chi connectivity index (χ2n) is 3.42. The van der Waals surface area contributed by atoms with Gasteiger partial charge in [0.1, 0.15) is 0 Å². The zero-order chi connectivity index (χ0) is 9.90. The minimum absolute atomic E-state index is 0.434. The number of carbonyl (C=O) groups is 2. The Labute approximate surface area is 82.4 Å². The molecule has 0 aliphatic heterocycles. The number of carbonyl (C=O) groups excluding carboxylic acids is 2. The van der Waals surface area contributed by atoms with Crippen LogP contribution in [0.5, 0.6) is 0 Å². The highest BCUT2D eigenvalue weighted by molar-refractivity contribution is 6.65. The van der Waals surface area contributed by atoms with Crippen molar-refractivity contribution in [1.82, 2.24) is 0 Å². The van der Waals surface area contributed by atoms with E-state index in [0.29, 0.717) is 12.8 Å². The normalized spacial score (nSPS) is 20.8. The summed E-state index contributed by atoms with van der Waals surface area (Å²) in [4.78, 5) is 21.9. The van der Waals surface area contributed by atoms with E-state index in [-0.39, 0.29) is 0 Å². The van der Waals surface area contributed by atoms with Crippen molar-refractivity contribution in [3.05, 3.63) is 0 Å². The van der Waals surface area contributed by atoms with Gasteiger partial charge in [0.05, 0.1) is 0 Å². The smallest absolute Gasteiger partial charge is 0.303 e. The molecule has 0 unspecified atom stereocenters. The minimum Gasteiger partial charge on any atom is -0.450 e. The minimum atomic E-state index is -1.02. The van der Waals surface area contributed by atoms with Crippen molar-refractivity contribution in [3.8, 4) is 0 Å². The Morgan fingerprint density at radius 2 is 1.77 bits per heavy atom. The molecular weight excluding hydrogens is 192 g/mol. The highest BCUT2D eigenvalue weighted by Crippen LogP contribution is 2.33. The maximum absolute atomic E-state index is 11.1. The Bertz CT molecular complexity index is 219. The maximum Gasteiger partial charge on any atom is 0.303 e. The van der Waals surface area contributed by atoms with E-state index in [9.17, 15) is 9.59 Å². The van der Waals surface area contributed by atoms with Crippen molar-refractivity contribution in [2.75, 3.05) is 0 Å². The van der Waals surface area contributed by atoms with Crippen molar-refractivity contribution in [3.63, 3.8) is 0 Å². The zero-order valence-electron chi connectivity index (χ0n) is 7.64. The van der Waals surface area contributed by atoms with Gasteiger partial charge in [0.25, 0.3) is 5.24 Å². The van der Waals surface area contributed by atoms with E-state index >= 15 is 0 Å². The van der Waals surface area contributed by atoms with Crippen LogP contribution in [0.4, 0.5) is 0 Å². The summed E-state index contributed by atoms with van der Waals surface area (Å²) in [6.07, 6.45) is 3.99. The van der Waals surface area contributed by atoms with Gasteiger partial charge in [-0.2, -0.15) is 0 Å². The van der Waals surface area contributed by atoms with Crippen LogP contribution >= 0.6 is 11.6 Å². The van der Waals surface area contributed by atoms with E-state index in [1.165, 1.54) is 6.92 Å². The molecule has 0 bridgehead atoms. The molecule has 0 saturated heterocycles. The van der Waals surface area contributed by atoms with E-state index < -0.39 is 16.8 Å². The molecule has 0 radical (unpaired) electrons. The summed E-state index contributed by atoms with van der Waals surface area (Å²) in [5.41, 5.74) is -1.02. The van der Waals surface area contributed by atoms with Crippen LogP contribution in [0.2, 0.25) is 0 Å². The molecule has 1 saturated carbocycles. The van der Waals surface area contributed by atoms with Crippen molar-refractivity contribution in [1.29, 1.82) is 0 Å². The van der Waals surface area contributed by atoms with Crippen LogP contribution in [0.15, 0.2) is 0 Å². The van der Waals surface area contributed by atoms with Gasteiger partial charge in [0.2, 0.25) is 0 Å². The zero-order valence-corrected chi connectivity index (χ0v) is 8.39. The fourth-order valence-corrected chi connectivity index (χ4v) is 1.96. The number of rotatable bonds is 2. The monoisotopic (exact) mass is 204 g/mol. The molecule has 74 valence electrons. The number of esters is 1. The summed E-state index contributed by atoms with van der Waals surface area (Å²) < 4.78 is 5.02. The molecule has 0 atom stereocenters. The standard InChI is InChI=1S/C9H13ClO3/c1-7(11)13-9(8(10)12)5-3-2-4-6-9/h2-6H2,1H3. The lowest BCUT2D eigenvalue weighted by Gasteiger charge is -2.32. The highest BCUT2D eigenvalue weighted by Gasteiger charge is 2.41. The number of hydrogen-bond acceptors (Lipinski definition) is 3. The van der Waals surface area contributed by atoms with Gasteiger partial charge in [0.15, 0.2) is 5.60 Å². The van der Waals surface area contributed by atoms with E-state index in [1.54, 1.807) is 0 Å². The van der Waals surface area contributed by atoms with Crippen LogP contribution in [-0.4, -0.2) is 16.8 Å². The van der Waals surface area contributed by atoms with E-state index in [1.807, 2.05) is 0 Å². The molecule has 0 aromatic carbocycles. The van der Waals surface area contributed by atoms with Gasteiger partial charge < -0.3 is 4.74 Å². The predicted octanol–water partition coefficient (Wildman–Crippen LogP) is 2.02. The third kappa shape index (κ3) is 2.44. The van der Waals surface area contributed by atoms with Gasteiger partial charge in [-0.3, -0.25) is 9.59 Å². The Morgan fingerprint density at radius 1 is 1.23 bits per heavy atom. The molecule has 1 aliphatic rings. The van der Waals surface area contributed by atoms with Crippen LogP contribution in [0.1, 0.15) is 39.0 Å². The quantitative estimate of drug-likeness (QED) is 0.511. The first kappa shape index (κ1) is 10.5. The summed E-state index contributed by atoms with van der Waals surface area (Å²) in [5, 5.41) is -0.539. The van der Waals surface area contributed by atoms with Crippen molar-refractivity contribution < 1.29 is 14.3 Å². The Hall–Kier alpha value is -0.570. The van der Waals surface area contributed by atoms with Gasteiger partial charge in [-0.1, -0.05) is 6.42 Å². The number of hydrogen-bond donors (Lipinski definition) is 0. The molecule has 0 spiro atoms. The average Bonchev–Trinajstić information content (AvgIpc) is 2.04. The molecular formula is C9H13ClO3. The fraction of sp³-hybridized carbons (Fsp3) is 0.778. The first-order valence-electron chi connectivity index (χ1n) is 4.46. The van der Waals surface area contributed by atoms with Gasteiger partial charge in [-0.25, -0.2) is 0 Å². The first-order valence-corrected chi connectivity index (χ1v) is 4.84. The third-order valence-electron chi connectivity index (χ3n) is 2.36. The van der Waals surface area contributed by atoms with Gasteiger partial charge in [0, 0.05) is 6.92 Å². The lowest BCUT2D eigenvalue weighted by atomic mass is 9.85. The largest absolute Gasteiger partial charge is 0.450 e. The lowest BCUT2D eigenvalue weighted by molar-refractivity contribution is -0.165. The fourth-order valence-electron chi connectivity index (χ4n) is 1.74. The summed E-state index contributed by atoms with van der Waals surface area (Å²) in [6.45, 7) is 1.30. The molecule has 0 aromatic rings. The molecule has 4 heteroatoms. The molecule has 0 heterocycles. The van der Waals surface area contributed by atoms with Crippen molar-refractivity contribution in [2.24, 2.45) is 0 Å². The van der Waals surface area contributed by atoms with Crippen molar-refractivity contribution >= 4 is 22.8 Å². The van der Waals surface area contributed by atoms with Gasteiger partial charge in [-0.15, -0.1) is 0 Å². The van der Waals surface area contributed by atoms with Crippen LogP contribution in [0.25, 0.3) is 0 Å². The lowest BCUT2D eigenvalue weighted by Crippen LogP contribution is -2.42. The highest BCUT2D eigenvalue weighted by atomic mass is 35.5. The summed E-state index contributed by atoms with van der Waals surface area (Å²) in [6, 6.07) is 0. The van der Waals surface area contributed by atoms with E-state index in [0.717, 1.165) is 19.3 Å². The average molecular weight is 205 g/mol. The molecule has 1 rings (SSSR count). The van der Waals surface area contributed by atoms with Gasteiger partial charge >= 0.3 is 5.97 Å². The van der Waals surface area contributed by atoms with Crippen molar-refractivity contribution in [2.45, 2.75) is 44.6 Å². The Kier molecular flexibility index (Phi) is 3.31. The summed E-state index contributed by atoms with van der Waals surface area (Å²) >= 11 is 5.44.